The summed E-state index contributed by atoms with van der Waals surface area (Å²) < 4.78 is 15.5. The average Bonchev–Trinajstić information content (AvgIpc) is 2.97. The Morgan fingerprint density at radius 2 is 2.00 bits per heavy atom. The molecule has 2 aromatic carbocycles. The van der Waals surface area contributed by atoms with Crippen LogP contribution < -0.4 is 5.32 Å². The molecule has 0 saturated heterocycles. The second-order valence-corrected chi connectivity index (χ2v) is 6.19. The molecular weight excluding hydrogens is 375 g/mol. The fourth-order valence-corrected chi connectivity index (χ4v) is 2.71. The van der Waals surface area contributed by atoms with Crippen molar-refractivity contribution in [3.05, 3.63) is 86.3 Å². The number of nitrogens with one attached hydrogen (secondary N) is 1. The Morgan fingerprint density at radius 3 is 2.63 bits per heavy atom. The number of aryl methyl sites for hydroxylation is 1. The molecule has 9 heteroatoms. The molecule has 1 amide bonds. The number of halogens is 2. The third-order valence-electron chi connectivity index (χ3n) is 3.93. The van der Waals surface area contributed by atoms with E-state index in [0.717, 1.165) is 0 Å². The predicted octanol–water partition coefficient (Wildman–Crippen LogP) is 4.19. The second-order valence-electron chi connectivity index (χ2n) is 5.79. The third kappa shape index (κ3) is 4.12. The van der Waals surface area contributed by atoms with Crippen LogP contribution in [-0.2, 0) is 6.54 Å². The zero-order valence-corrected chi connectivity index (χ0v) is 14.9. The van der Waals surface area contributed by atoms with Crippen LogP contribution in [0.3, 0.4) is 0 Å². The first-order valence-electron chi connectivity index (χ1n) is 7.88. The molecule has 1 aromatic heterocycles. The summed E-state index contributed by atoms with van der Waals surface area (Å²) in [6.07, 6.45) is 0. The highest BCUT2D eigenvalue weighted by molar-refractivity contribution is 6.31. The fourth-order valence-electron chi connectivity index (χ4n) is 2.49. The Balaban J connectivity index is 1.76. The Hall–Kier alpha value is -3.26. The van der Waals surface area contributed by atoms with Gasteiger partial charge in [0.25, 0.3) is 11.6 Å². The van der Waals surface area contributed by atoms with Gasteiger partial charge in [0, 0.05) is 40.0 Å². The molecule has 0 spiro atoms. The van der Waals surface area contributed by atoms with Gasteiger partial charge in [-0.25, -0.2) is 4.39 Å². The lowest BCUT2D eigenvalue weighted by molar-refractivity contribution is -0.384. The summed E-state index contributed by atoms with van der Waals surface area (Å²) in [5.41, 5.74) is 1.16. The molecule has 27 heavy (non-hydrogen) atoms. The number of nitrogens with zero attached hydrogens (tertiary/aromatic N) is 3. The zero-order valence-electron chi connectivity index (χ0n) is 14.1. The van der Waals surface area contributed by atoms with E-state index in [-0.39, 0.29) is 23.6 Å². The van der Waals surface area contributed by atoms with Crippen molar-refractivity contribution in [2.45, 2.75) is 13.5 Å². The summed E-state index contributed by atoms with van der Waals surface area (Å²) >= 11 is 6.04. The molecule has 0 aliphatic carbocycles. The van der Waals surface area contributed by atoms with Crippen LogP contribution in [0.25, 0.3) is 0 Å². The van der Waals surface area contributed by atoms with E-state index in [4.69, 9.17) is 11.6 Å². The number of hydrogen-bond acceptors (Lipinski definition) is 4. The van der Waals surface area contributed by atoms with Crippen molar-refractivity contribution in [2.75, 3.05) is 5.32 Å². The van der Waals surface area contributed by atoms with Gasteiger partial charge in [-0.1, -0.05) is 17.7 Å². The molecule has 1 heterocycles. The van der Waals surface area contributed by atoms with Crippen LogP contribution in [0, 0.1) is 22.9 Å². The molecule has 0 atom stereocenters. The average molecular weight is 389 g/mol. The molecule has 0 fully saturated rings. The van der Waals surface area contributed by atoms with Crippen molar-refractivity contribution in [1.82, 2.24) is 9.78 Å². The lowest BCUT2D eigenvalue weighted by atomic mass is 10.2. The number of benzene rings is 2. The Labute approximate surface area is 158 Å². The van der Waals surface area contributed by atoms with E-state index in [1.54, 1.807) is 19.1 Å². The largest absolute Gasteiger partial charge is 0.305 e. The van der Waals surface area contributed by atoms with Crippen molar-refractivity contribution in [2.24, 2.45) is 0 Å². The van der Waals surface area contributed by atoms with Gasteiger partial charge in [-0.2, -0.15) is 5.10 Å². The van der Waals surface area contributed by atoms with E-state index in [1.165, 1.54) is 41.1 Å². The van der Waals surface area contributed by atoms with Crippen LogP contribution in [-0.4, -0.2) is 20.6 Å². The standard InChI is InChI=1S/C18H14ClFN4O3/c1-11-9-17(21-18(25)12-5-7-13(8-6-12)24(26)27)22-23(11)10-14-15(19)3-2-4-16(14)20/h2-9H,10H2,1H3,(H,21,22,25). The first-order chi connectivity index (χ1) is 12.8. The number of hydrogen-bond donors (Lipinski definition) is 1. The van der Waals surface area contributed by atoms with Gasteiger partial charge >= 0.3 is 0 Å². The van der Waals surface area contributed by atoms with Gasteiger partial charge in [0.2, 0.25) is 0 Å². The van der Waals surface area contributed by atoms with Crippen molar-refractivity contribution in [1.29, 1.82) is 0 Å². The van der Waals surface area contributed by atoms with Crippen LogP contribution >= 0.6 is 11.6 Å². The monoisotopic (exact) mass is 388 g/mol. The van der Waals surface area contributed by atoms with Crippen LogP contribution in [0.1, 0.15) is 21.6 Å². The number of amides is 1. The fraction of sp³-hybridized carbons (Fsp3) is 0.111. The summed E-state index contributed by atoms with van der Waals surface area (Å²) in [6.45, 7) is 1.88. The number of non-ortho nitro benzene ring substituents is 1. The Bertz CT molecular complexity index is 998. The van der Waals surface area contributed by atoms with Crippen LogP contribution in [0.15, 0.2) is 48.5 Å². The molecule has 7 nitrogen and oxygen atoms in total. The normalized spacial score (nSPS) is 10.6. The van der Waals surface area contributed by atoms with Gasteiger partial charge in [-0.3, -0.25) is 19.6 Å². The first-order valence-corrected chi connectivity index (χ1v) is 8.26. The van der Waals surface area contributed by atoms with Gasteiger partial charge in [0.05, 0.1) is 11.5 Å². The molecule has 0 bridgehead atoms. The van der Waals surface area contributed by atoms with E-state index in [1.807, 2.05) is 0 Å². The predicted molar refractivity (Wildman–Crippen MR) is 98.5 cm³/mol. The molecule has 1 N–H and O–H groups in total. The van der Waals surface area contributed by atoms with Crippen molar-refractivity contribution in [3.8, 4) is 0 Å². The number of carbonyl (C=O) groups is 1. The highest BCUT2D eigenvalue weighted by atomic mass is 35.5. The zero-order chi connectivity index (χ0) is 19.6. The summed E-state index contributed by atoms with van der Waals surface area (Å²) in [4.78, 5) is 22.4. The van der Waals surface area contributed by atoms with Crippen molar-refractivity contribution >= 4 is 29.0 Å². The maximum Gasteiger partial charge on any atom is 0.269 e. The maximum atomic E-state index is 14.0. The Morgan fingerprint density at radius 1 is 1.30 bits per heavy atom. The summed E-state index contributed by atoms with van der Waals surface area (Å²) in [6, 6.07) is 11.3. The summed E-state index contributed by atoms with van der Waals surface area (Å²) in [5.74, 6) is -0.615. The number of anilines is 1. The van der Waals surface area contributed by atoms with E-state index in [9.17, 15) is 19.3 Å². The van der Waals surface area contributed by atoms with E-state index < -0.39 is 16.6 Å². The molecule has 0 radical (unpaired) electrons. The van der Waals surface area contributed by atoms with E-state index in [0.29, 0.717) is 16.3 Å². The molecule has 0 saturated carbocycles. The molecule has 0 aliphatic heterocycles. The highest BCUT2D eigenvalue weighted by Gasteiger charge is 2.14. The second kappa shape index (κ2) is 7.55. The van der Waals surface area contributed by atoms with Crippen LogP contribution in [0.4, 0.5) is 15.9 Å². The molecule has 3 aromatic rings. The van der Waals surface area contributed by atoms with Gasteiger partial charge < -0.3 is 5.32 Å². The van der Waals surface area contributed by atoms with Gasteiger partial charge in [-0.05, 0) is 31.2 Å². The number of nitro benzene ring substituents is 1. The van der Waals surface area contributed by atoms with Crippen molar-refractivity contribution in [3.63, 3.8) is 0 Å². The van der Waals surface area contributed by atoms with Gasteiger partial charge in [-0.15, -0.1) is 0 Å². The molecular formula is C18H14ClFN4O3. The van der Waals surface area contributed by atoms with Crippen LogP contribution in [0.2, 0.25) is 5.02 Å². The van der Waals surface area contributed by atoms with E-state index in [2.05, 4.69) is 10.4 Å². The maximum absolute atomic E-state index is 14.0. The minimum Gasteiger partial charge on any atom is -0.305 e. The SMILES string of the molecule is Cc1cc(NC(=O)c2ccc([N+](=O)[O-])cc2)nn1Cc1c(F)cccc1Cl. The number of carbonyl (C=O) groups excluding carboxylic acids is 1. The molecule has 0 aliphatic rings. The first kappa shape index (κ1) is 18.5. The summed E-state index contributed by atoms with van der Waals surface area (Å²) in [7, 11) is 0. The molecule has 0 unspecified atom stereocenters. The van der Waals surface area contributed by atoms with Gasteiger partial charge in [0.15, 0.2) is 5.82 Å². The lowest BCUT2D eigenvalue weighted by Gasteiger charge is -2.07. The molecule has 3 rings (SSSR count). The minimum atomic E-state index is -0.541. The smallest absolute Gasteiger partial charge is 0.269 e. The van der Waals surface area contributed by atoms with E-state index >= 15 is 0 Å². The lowest BCUT2D eigenvalue weighted by Crippen LogP contribution is -2.13. The van der Waals surface area contributed by atoms with Crippen molar-refractivity contribution < 1.29 is 14.1 Å². The number of aromatic nitrogens is 2. The van der Waals surface area contributed by atoms with Crippen LogP contribution in [0.5, 0.6) is 0 Å². The third-order valence-corrected chi connectivity index (χ3v) is 4.29. The topological polar surface area (TPSA) is 90.1 Å². The number of nitro groups is 1. The minimum absolute atomic E-state index is 0.103. The molecule has 138 valence electrons. The quantitative estimate of drug-likeness (QED) is 0.524. The van der Waals surface area contributed by atoms with Gasteiger partial charge in [0.1, 0.15) is 5.82 Å². The number of rotatable bonds is 5. The Kier molecular flexibility index (Phi) is 5.18. The highest BCUT2D eigenvalue weighted by Crippen LogP contribution is 2.21. The summed E-state index contributed by atoms with van der Waals surface area (Å²) in [5, 5.41) is 17.8.